The van der Waals surface area contributed by atoms with Crippen molar-refractivity contribution in [1.82, 2.24) is 24.2 Å². The van der Waals surface area contributed by atoms with Crippen LogP contribution in [0.5, 0.6) is 0 Å². The zero-order valence-corrected chi connectivity index (χ0v) is 14.0. The van der Waals surface area contributed by atoms with Gasteiger partial charge >= 0.3 is 0 Å². The second-order valence-electron chi connectivity index (χ2n) is 5.15. The lowest BCUT2D eigenvalue weighted by molar-refractivity contribution is -0.130. The maximum Gasteiger partial charge on any atom is 0.242 e. The van der Waals surface area contributed by atoms with Gasteiger partial charge in [0.05, 0.1) is 11.1 Å². The lowest BCUT2D eigenvalue weighted by Gasteiger charge is -2.17. The third-order valence-corrected chi connectivity index (χ3v) is 3.87. The molecular formula is C14H22ClN5O. The molecule has 21 heavy (non-hydrogen) atoms. The summed E-state index contributed by atoms with van der Waals surface area (Å²) in [4.78, 5) is 18.6. The van der Waals surface area contributed by atoms with Crippen LogP contribution in [0.15, 0.2) is 0 Å². The number of likely N-dealkylation sites (N-methyl/N-ethyl adjacent to an activating group) is 1. The molecule has 1 unspecified atom stereocenters. The predicted octanol–water partition coefficient (Wildman–Crippen LogP) is 2.34. The van der Waals surface area contributed by atoms with Crippen LogP contribution < -0.4 is 0 Å². The lowest BCUT2D eigenvalue weighted by atomic mass is 10.4. The van der Waals surface area contributed by atoms with Gasteiger partial charge in [-0.2, -0.15) is 5.10 Å². The van der Waals surface area contributed by atoms with Crippen molar-refractivity contribution in [2.45, 2.75) is 46.2 Å². The van der Waals surface area contributed by atoms with Crippen LogP contribution in [0.25, 0.3) is 11.2 Å². The first-order valence-electron chi connectivity index (χ1n) is 7.22. The van der Waals surface area contributed by atoms with Crippen LogP contribution in [-0.2, 0) is 17.9 Å². The maximum absolute atomic E-state index is 12.3. The number of carbonyl (C=O) groups excluding carboxylic acids is 1. The minimum Gasteiger partial charge on any atom is -0.344 e. The Hall–Kier alpha value is -1.56. The standard InChI is InChI=1S/C14H22ClN5O/c1-6-18(5)11(21)8-19-13(9(3)15)16-12-10(4)17-20(7-2)14(12)19/h9H,6-8H2,1-5H3. The first-order chi connectivity index (χ1) is 9.90. The lowest BCUT2D eigenvalue weighted by Crippen LogP contribution is -2.30. The molecule has 0 aliphatic rings. The third-order valence-electron chi connectivity index (χ3n) is 3.68. The fourth-order valence-corrected chi connectivity index (χ4v) is 2.52. The summed E-state index contributed by atoms with van der Waals surface area (Å²) >= 11 is 6.24. The number of imidazole rings is 1. The van der Waals surface area contributed by atoms with Gasteiger partial charge in [-0.1, -0.05) is 0 Å². The smallest absolute Gasteiger partial charge is 0.242 e. The molecule has 0 spiro atoms. The molecule has 1 atom stereocenters. The Bertz CT molecular complexity index is 658. The zero-order valence-electron chi connectivity index (χ0n) is 13.2. The normalized spacial score (nSPS) is 12.9. The van der Waals surface area contributed by atoms with E-state index in [2.05, 4.69) is 10.1 Å². The number of nitrogens with zero attached hydrogens (tertiary/aromatic N) is 5. The minimum absolute atomic E-state index is 0.0388. The van der Waals surface area contributed by atoms with Crippen LogP contribution in [0.2, 0.25) is 0 Å². The Morgan fingerprint density at radius 2 is 2.10 bits per heavy atom. The number of aryl methyl sites for hydroxylation is 2. The first-order valence-corrected chi connectivity index (χ1v) is 7.65. The number of carbonyl (C=O) groups is 1. The highest BCUT2D eigenvalue weighted by Crippen LogP contribution is 2.26. The van der Waals surface area contributed by atoms with Crippen molar-refractivity contribution in [3.05, 3.63) is 11.5 Å². The molecular weight excluding hydrogens is 290 g/mol. The Morgan fingerprint density at radius 3 is 2.62 bits per heavy atom. The van der Waals surface area contributed by atoms with Gasteiger partial charge in [0.2, 0.25) is 5.91 Å². The summed E-state index contributed by atoms with van der Waals surface area (Å²) in [6.45, 7) is 9.40. The summed E-state index contributed by atoms with van der Waals surface area (Å²) in [6.07, 6.45) is 0. The number of halogens is 1. The highest BCUT2D eigenvalue weighted by Gasteiger charge is 2.23. The molecule has 1 amide bonds. The molecule has 2 rings (SSSR count). The summed E-state index contributed by atoms with van der Waals surface area (Å²) in [7, 11) is 1.79. The van der Waals surface area contributed by atoms with Gasteiger partial charge in [0.1, 0.15) is 17.9 Å². The molecule has 7 heteroatoms. The van der Waals surface area contributed by atoms with E-state index in [9.17, 15) is 4.79 Å². The summed E-state index contributed by atoms with van der Waals surface area (Å²) in [5.41, 5.74) is 2.56. The Kier molecular flexibility index (Phi) is 4.56. The SMILES string of the molecule is CCN(C)C(=O)Cn1c(C(C)Cl)nc2c(C)nn(CC)c21. The zero-order chi connectivity index (χ0) is 15.7. The molecule has 116 valence electrons. The van der Waals surface area contributed by atoms with E-state index in [-0.39, 0.29) is 17.8 Å². The largest absolute Gasteiger partial charge is 0.344 e. The average Bonchev–Trinajstić information content (AvgIpc) is 2.97. The van der Waals surface area contributed by atoms with Crippen LogP contribution >= 0.6 is 11.6 Å². The first kappa shape index (κ1) is 15.8. The van der Waals surface area contributed by atoms with Crippen molar-refractivity contribution in [2.24, 2.45) is 0 Å². The number of hydrogen-bond acceptors (Lipinski definition) is 3. The second-order valence-corrected chi connectivity index (χ2v) is 5.81. The quantitative estimate of drug-likeness (QED) is 0.796. The van der Waals surface area contributed by atoms with Gasteiger partial charge in [0.15, 0.2) is 5.65 Å². The van der Waals surface area contributed by atoms with Crippen molar-refractivity contribution in [2.75, 3.05) is 13.6 Å². The minimum atomic E-state index is -0.262. The molecule has 0 aliphatic carbocycles. The predicted molar refractivity (Wildman–Crippen MR) is 83.5 cm³/mol. The summed E-state index contributed by atoms with van der Waals surface area (Å²) in [5.74, 6) is 0.754. The van der Waals surface area contributed by atoms with Gasteiger partial charge in [0.25, 0.3) is 0 Å². The molecule has 0 fully saturated rings. The van der Waals surface area contributed by atoms with E-state index in [0.717, 1.165) is 23.4 Å². The number of rotatable bonds is 5. The second kappa shape index (κ2) is 6.05. The van der Waals surface area contributed by atoms with E-state index in [0.29, 0.717) is 12.4 Å². The number of hydrogen-bond donors (Lipinski definition) is 0. The number of fused-ring (bicyclic) bond motifs is 1. The fraction of sp³-hybridized carbons (Fsp3) is 0.643. The van der Waals surface area contributed by atoms with Gasteiger partial charge in [-0.3, -0.25) is 4.79 Å². The summed E-state index contributed by atoms with van der Waals surface area (Å²) in [6, 6.07) is 0. The molecule has 0 radical (unpaired) electrons. The van der Waals surface area contributed by atoms with Gasteiger partial charge < -0.3 is 9.47 Å². The third kappa shape index (κ3) is 2.77. The van der Waals surface area contributed by atoms with E-state index in [1.807, 2.05) is 36.9 Å². The molecule has 2 aromatic heterocycles. The Labute approximate surface area is 129 Å². The molecule has 0 aromatic carbocycles. The van der Waals surface area contributed by atoms with Crippen LogP contribution in [0.4, 0.5) is 0 Å². The van der Waals surface area contributed by atoms with E-state index in [1.54, 1.807) is 11.9 Å². The number of alkyl halides is 1. The van der Waals surface area contributed by atoms with Crippen LogP contribution in [0.1, 0.15) is 37.7 Å². The van der Waals surface area contributed by atoms with Crippen LogP contribution in [0, 0.1) is 6.92 Å². The van der Waals surface area contributed by atoms with Gasteiger partial charge in [0, 0.05) is 20.1 Å². The Morgan fingerprint density at radius 1 is 1.43 bits per heavy atom. The van der Waals surface area contributed by atoms with Crippen molar-refractivity contribution in [3.8, 4) is 0 Å². The van der Waals surface area contributed by atoms with Gasteiger partial charge in [-0.15, -0.1) is 11.6 Å². The fourth-order valence-electron chi connectivity index (χ4n) is 2.35. The van der Waals surface area contributed by atoms with Gasteiger partial charge in [-0.25, -0.2) is 9.67 Å². The van der Waals surface area contributed by atoms with Gasteiger partial charge in [-0.05, 0) is 27.7 Å². The van der Waals surface area contributed by atoms with Crippen molar-refractivity contribution >= 4 is 28.7 Å². The van der Waals surface area contributed by atoms with Crippen molar-refractivity contribution < 1.29 is 4.79 Å². The summed E-state index contributed by atoms with van der Waals surface area (Å²) < 4.78 is 3.77. The number of aromatic nitrogens is 4. The topological polar surface area (TPSA) is 56.0 Å². The molecule has 0 N–H and O–H groups in total. The highest BCUT2D eigenvalue weighted by atomic mass is 35.5. The molecule has 2 aromatic rings. The van der Waals surface area contributed by atoms with Crippen molar-refractivity contribution in [1.29, 1.82) is 0 Å². The molecule has 0 saturated carbocycles. The van der Waals surface area contributed by atoms with E-state index in [4.69, 9.17) is 11.6 Å². The van der Waals surface area contributed by atoms with Crippen molar-refractivity contribution in [3.63, 3.8) is 0 Å². The monoisotopic (exact) mass is 311 g/mol. The maximum atomic E-state index is 12.3. The molecule has 6 nitrogen and oxygen atoms in total. The van der Waals surface area contributed by atoms with Crippen LogP contribution in [-0.4, -0.2) is 43.7 Å². The number of amides is 1. The van der Waals surface area contributed by atoms with E-state index >= 15 is 0 Å². The highest BCUT2D eigenvalue weighted by molar-refractivity contribution is 6.20. The molecule has 2 heterocycles. The van der Waals surface area contributed by atoms with Crippen LogP contribution in [0.3, 0.4) is 0 Å². The van der Waals surface area contributed by atoms with E-state index < -0.39 is 0 Å². The molecule has 0 aliphatic heterocycles. The van der Waals surface area contributed by atoms with E-state index in [1.165, 1.54) is 0 Å². The molecule has 0 bridgehead atoms. The Balaban J connectivity index is 2.57. The average molecular weight is 312 g/mol. The summed E-state index contributed by atoms with van der Waals surface area (Å²) in [5, 5.41) is 4.20. The molecule has 0 saturated heterocycles.